The summed E-state index contributed by atoms with van der Waals surface area (Å²) in [5.74, 6) is 0.886. The second-order valence-electron chi connectivity index (χ2n) is 5.17. The average molecular weight is 303 g/mol. The Kier molecular flexibility index (Phi) is 3.20. The predicted octanol–water partition coefficient (Wildman–Crippen LogP) is 3.29. The van der Waals surface area contributed by atoms with Crippen molar-refractivity contribution in [1.29, 1.82) is 0 Å². The molecule has 0 aliphatic rings. The number of nitrogens with zero attached hydrogens (tertiary/aromatic N) is 5. The fraction of sp³-hybridized carbons (Fsp3) is 0.0588. The molecule has 6 heteroatoms. The zero-order valence-electron chi connectivity index (χ0n) is 12.4. The molecule has 2 heterocycles. The smallest absolute Gasteiger partial charge is 0.280 e. The van der Waals surface area contributed by atoms with Gasteiger partial charge in [0.15, 0.2) is 5.69 Å². The lowest BCUT2D eigenvalue weighted by atomic mass is 10.1. The highest BCUT2D eigenvalue weighted by Crippen LogP contribution is 2.21. The topological polar surface area (TPSA) is 69.6 Å². The molecule has 0 saturated carbocycles. The molecule has 23 heavy (non-hydrogen) atoms. The molecule has 4 aromatic rings. The molecule has 0 fully saturated rings. The van der Waals surface area contributed by atoms with Gasteiger partial charge in [-0.1, -0.05) is 58.4 Å². The summed E-state index contributed by atoms with van der Waals surface area (Å²) in [6.45, 7) is 2.04. The second-order valence-corrected chi connectivity index (χ2v) is 5.17. The van der Waals surface area contributed by atoms with Crippen LogP contribution in [0.2, 0.25) is 0 Å². The van der Waals surface area contributed by atoms with Gasteiger partial charge in [0.05, 0.1) is 11.9 Å². The first-order chi connectivity index (χ1) is 11.3. The van der Waals surface area contributed by atoms with E-state index in [2.05, 4.69) is 20.5 Å². The van der Waals surface area contributed by atoms with Gasteiger partial charge in [0, 0.05) is 5.56 Å². The molecule has 2 aromatic carbocycles. The van der Waals surface area contributed by atoms with E-state index in [1.807, 2.05) is 61.5 Å². The van der Waals surface area contributed by atoms with Crippen LogP contribution < -0.4 is 0 Å². The van der Waals surface area contributed by atoms with Crippen LogP contribution in [0.15, 0.2) is 65.3 Å². The van der Waals surface area contributed by atoms with Crippen molar-refractivity contribution < 1.29 is 4.52 Å². The quantitative estimate of drug-likeness (QED) is 0.581. The largest absolute Gasteiger partial charge is 0.332 e. The number of para-hydroxylation sites is 1. The third kappa shape index (κ3) is 2.62. The Morgan fingerprint density at radius 2 is 1.74 bits per heavy atom. The Hall–Kier alpha value is -3.28. The number of hydrogen-bond acceptors (Lipinski definition) is 5. The van der Waals surface area contributed by atoms with Crippen molar-refractivity contribution >= 4 is 0 Å². The van der Waals surface area contributed by atoms with Crippen LogP contribution in [-0.4, -0.2) is 25.1 Å². The minimum absolute atomic E-state index is 0.350. The van der Waals surface area contributed by atoms with E-state index in [0.29, 0.717) is 17.4 Å². The van der Waals surface area contributed by atoms with Gasteiger partial charge in [-0.25, -0.2) is 4.68 Å². The maximum Gasteiger partial charge on any atom is 0.280 e. The molecule has 0 aliphatic carbocycles. The van der Waals surface area contributed by atoms with Crippen LogP contribution in [0.5, 0.6) is 0 Å². The first-order valence-corrected chi connectivity index (χ1v) is 7.18. The second kappa shape index (κ2) is 5.49. The van der Waals surface area contributed by atoms with Crippen molar-refractivity contribution in [1.82, 2.24) is 25.1 Å². The molecular formula is C17H13N5O. The highest BCUT2D eigenvalue weighted by molar-refractivity contribution is 5.57. The molecule has 0 amide bonds. The van der Waals surface area contributed by atoms with Gasteiger partial charge in [0.25, 0.3) is 5.89 Å². The third-order valence-corrected chi connectivity index (χ3v) is 3.47. The normalized spacial score (nSPS) is 10.8. The van der Waals surface area contributed by atoms with Crippen LogP contribution in [-0.2, 0) is 0 Å². The molecule has 0 bridgehead atoms. The van der Waals surface area contributed by atoms with Crippen molar-refractivity contribution in [2.75, 3.05) is 0 Å². The van der Waals surface area contributed by atoms with Gasteiger partial charge in [-0.2, -0.15) is 4.98 Å². The summed E-state index contributed by atoms with van der Waals surface area (Å²) >= 11 is 0. The number of rotatable bonds is 3. The summed E-state index contributed by atoms with van der Waals surface area (Å²) in [6.07, 6.45) is 1.77. The summed E-state index contributed by atoms with van der Waals surface area (Å²) in [4.78, 5) is 4.39. The zero-order chi connectivity index (χ0) is 15.6. The van der Waals surface area contributed by atoms with Gasteiger partial charge in [-0.05, 0) is 19.1 Å². The van der Waals surface area contributed by atoms with E-state index in [4.69, 9.17) is 4.52 Å². The van der Waals surface area contributed by atoms with Gasteiger partial charge in [-0.15, -0.1) is 5.10 Å². The SMILES string of the molecule is Cc1ccc(-c2noc(-c3cn(-c4ccccc4)nn3)n2)cc1. The molecule has 0 N–H and O–H groups in total. The Balaban J connectivity index is 1.65. The number of aryl methyl sites for hydroxylation is 1. The molecule has 0 saturated heterocycles. The summed E-state index contributed by atoms with van der Waals surface area (Å²) in [6, 6.07) is 17.7. The van der Waals surface area contributed by atoms with Crippen molar-refractivity contribution in [2.24, 2.45) is 0 Å². The zero-order valence-corrected chi connectivity index (χ0v) is 12.4. The van der Waals surface area contributed by atoms with E-state index in [0.717, 1.165) is 11.3 Å². The van der Waals surface area contributed by atoms with Gasteiger partial charge in [0.1, 0.15) is 0 Å². The minimum atomic E-state index is 0.350. The maximum absolute atomic E-state index is 5.31. The number of hydrogen-bond donors (Lipinski definition) is 0. The molecule has 0 spiro atoms. The van der Waals surface area contributed by atoms with Crippen molar-refractivity contribution in [3.05, 3.63) is 66.4 Å². The molecule has 0 aliphatic heterocycles. The molecule has 2 aromatic heterocycles. The van der Waals surface area contributed by atoms with E-state index in [1.54, 1.807) is 10.9 Å². The minimum Gasteiger partial charge on any atom is -0.332 e. The van der Waals surface area contributed by atoms with Gasteiger partial charge < -0.3 is 4.52 Å². The molecule has 112 valence electrons. The Labute approximate surface area is 132 Å². The first kappa shape index (κ1) is 13.4. The Bertz CT molecular complexity index is 925. The molecule has 0 unspecified atom stereocenters. The lowest BCUT2D eigenvalue weighted by molar-refractivity contribution is 0.431. The maximum atomic E-state index is 5.31. The fourth-order valence-corrected chi connectivity index (χ4v) is 2.22. The molecule has 6 nitrogen and oxygen atoms in total. The highest BCUT2D eigenvalue weighted by Gasteiger charge is 2.14. The lowest BCUT2D eigenvalue weighted by Crippen LogP contribution is -1.93. The van der Waals surface area contributed by atoms with Crippen LogP contribution in [0.25, 0.3) is 28.7 Å². The third-order valence-electron chi connectivity index (χ3n) is 3.47. The summed E-state index contributed by atoms with van der Waals surface area (Å²) in [7, 11) is 0. The van der Waals surface area contributed by atoms with Gasteiger partial charge in [-0.3, -0.25) is 0 Å². The summed E-state index contributed by atoms with van der Waals surface area (Å²) in [5, 5.41) is 12.2. The monoisotopic (exact) mass is 303 g/mol. The van der Waals surface area contributed by atoms with Crippen LogP contribution >= 0.6 is 0 Å². The van der Waals surface area contributed by atoms with E-state index < -0.39 is 0 Å². The van der Waals surface area contributed by atoms with E-state index in [1.165, 1.54) is 5.56 Å². The van der Waals surface area contributed by atoms with Crippen molar-refractivity contribution in [3.8, 4) is 28.7 Å². The van der Waals surface area contributed by atoms with Crippen LogP contribution in [0.3, 0.4) is 0 Å². The summed E-state index contributed by atoms with van der Waals surface area (Å²) < 4.78 is 6.98. The van der Waals surface area contributed by atoms with Gasteiger partial charge >= 0.3 is 0 Å². The predicted molar refractivity (Wildman–Crippen MR) is 84.8 cm³/mol. The number of aromatic nitrogens is 5. The van der Waals surface area contributed by atoms with Crippen molar-refractivity contribution in [2.45, 2.75) is 6.92 Å². The standard InChI is InChI=1S/C17H13N5O/c1-12-7-9-13(10-8-12)16-18-17(23-20-16)15-11-22(21-19-15)14-5-3-2-4-6-14/h2-11H,1H3. The Morgan fingerprint density at radius 3 is 2.52 bits per heavy atom. The number of benzene rings is 2. The Morgan fingerprint density at radius 1 is 0.957 bits per heavy atom. The van der Waals surface area contributed by atoms with Crippen molar-refractivity contribution in [3.63, 3.8) is 0 Å². The molecular weight excluding hydrogens is 290 g/mol. The van der Waals surface area contributed by atoms with E-state index in [-0.39, 0.29) is 0 Å². The summed E-state index contributed by atoms with van der Waals surface area (Å²) in [5.41, 5.74) is 3.55. The van der Waals surface area contributed by atoms with E-state index in [9.17, 15) is 0 Å². The fourth-order valence-electron chi connectivity index (χ4n) is 2.22. The average Bonchev–Trinajstić information content (AvgIpc) is 3.26. The molecule has 0 atom stereocenters. The first-order valence-electron chi connectivity index (χ1n) is 7.18. The lowest BCUT2D eigenvalue weighted by Gasteiger charge is -1.96. The highest BCUT2D eigenvalue weighted by atomic mass is 16.5. The molecule has 4 rings (SSSR count). The van der Waals surface area contributed by atoms with E-state index >= 15 is 0 Å². The van der Waals surface area contributed by atoms with Crippen LogP contribution in [0.1, 0.15) is 5.56 Å². The van der Waals surface area contributed by atoms with Gasteiger partial charge in [0.2, 0.25) is 5.82 Å². The van der Waals surface area contributed by atoms with Crippen LogP contribution in [0, 0.1) is 6.92 Å². The van der Waals surface area contributed by atoms with Crippen LogP contribution in [0.4, 0.5) is 0 Å². The molecule has 0 radical (unpaired) electrons.